The van der Waals surface area contributed by atoms with E-state index in [4.69, 9.17) is 45.4 Å². The average molecular weight is 902 g/mol. The van der Waals surface area contributed by atoms with Crippen molar-refractivity contribution in [1.29, 1.82) is 0 Å². The number of nitrogens with one attached hydrogen (secondary N) is 1. The van der Waals surface area contributed by atoms with Gasteiger partial charge in [0.1, 0.15) is 24.6 Å². The molecule has 9 atom stereocenters. The molecule has 6 rings (SSSR count). The maximum atomic E-state index is 12.3. The number of esters is 4. The van der Waals surface area contributed by atoms with Crippen molar-refractivity contribution in [2.45, 2.75) is 107 Å². The molecule has 14 nitrogen and oxygen atoms in total. The van der Waals surface area contributed by atoms with Crippen LogP contribution in [0.25, 0.3) is 0 Å². The lowest BCUT2D eigenvalue weighted by Crippen LogP contribution is -2.62. The van der Waals surface area contributed by atoms with Crippen LogP contribution < -0.4 is 5.32 Å². The summed E-state index contributed by atoms with van der Waals surface area (Å²) < 4.78 is 41.7. The first kappa shape index (κ1) is 47.1. The van der Waals surface area contributed by atoms with Crippen molar-refractivity contribution in [3.63, 3.8) is 0 Å². The number of hydrogen-bond donors (Lipinski definition) is 3. The fraction of sp³-hybridized carbons (Fsp3) is 0.383. The number of phenolic OH excluding ortho intramolecular Hbond substituents is 1. The molecule has 2 fully saturated rings. The monoisotopic (exact) mass is 901 g/mol. The Hall–Kier alpha value is -5.36. The predicted octanol–water partition coefficient (Wildman–Crippen LogP) is 6.55. The molecule has 0 bridgehead atoms. The number of hydrogen-bond acceptors (Lipinski definition) is 15. The number of ether oxygens (including phenoxy) is 7. The van der Waals surface area contributed by atoms with Gasteiger partial charge in [0, 0.05) is 62.8 Å². The number of phenols is 1. The van der Waals surface area contributed by atoms with Gasteiger partial charge in [0.2, 0.25) is 0 Å². The number of thioether (sulfide) groups is 1. The molecule has 2 aliphatic heterocycles. The first-order valence-corrected chi connectivity index (χ1v) is 21.8. The summed E-state index contributed by atoms with van der Waals surface area (Å²) in [4.78, 5) is 49.7. The van der Waals surface area contributed by atoms with Gasteiger partial charge < -0.3 is 48.7 Å². The smallest absolute Gasteiger partial charge is 0.303 e. The molecule has 0 spiro atoms. The van der Waals surface area contributed by atoms with Crippen molar-refractivity contribution >= 4 is 52.8 Å². The Balaban J connectivity index is 1.19. The van der Waals surface area contributed by atoms with Gasteiger partial charge in [-0.1, -0.05) is 91.1 Å². The van der Waals surface area contributed by atoms with Crippen LogP contribution in [0.2, 0.25) is 0 Å². The topological polar surface area (TPSA) is 185 Å². The predicted molar refractivity (Wildman–Crippen MR) is 234 cm³/mol. The van der Waals surface area contributed by atoms with E-state index in [1.54, 1.807) is 23.9 Å². The molecular weight excluding hydrogens is 851 g/mol. The van der Waals surface area contributed by atoms with Crippen LogP contribution in [0.1, 0.15) is 80.2 Å². The second-order valence-electron chi connectivity index (χ2n) is 15.2. The fourth-order valence-electron chi connectivity index (χ4n) is 7.60. The van der Waals surface area contributed by atoms with Crippen molar-refractivity contribution in [3.05, 3.63) is 131 Å². The van der Waals surface area contributed by atoms with E-state index in [-0.39, 0.29) is 37.4 Å². The van der Waals surface area contributed by atoms with Gasteiger partial charge in [0.15, 0.2) is 24.6 Å². The van der Waals surface area contributed by atoms with Crippen LogP contribution in [0.3, 0.4) is 0 Å². The molecule has 1 unspecified atom stereocenters. The summed E-state index contributed by atoms with van der Waals surface area (Å²) in [7, 11) is 0. The summed E-state index contributed by atoms with van der Waals surface area (Å²) in [6, 6.07) is 32.7. The lowest BCUT2D eigenvalue weighted by molar-refractivity contribution is -0.255. The van der Waals surface area contributed by atoms with Crippen LogP contribution in [-0.2, 0) is 65.5 Å². The molecule has 3 N–H and O–H groups in total. The van der Waals surface area contributed by atoms with E-state index in [0.717, 1.165) is 39.6 Å². The highest BCUT2D eigenvalue weighted by atomic mass is 32.2. The largest absolute Gasteiger partial charge is 0.508 e. The molecule has 2 saturated heterocycles. The average Bonchev–Trinajstić information content (AvgIpc) is 3.26. The molecule has 63 heavy (non-hydrogen) atoms. The van der Waals surface area contributed by atoms with Gasteiger partial charge in [-0.15, -0.1) is 11.8 Å². The first-order chi connectivity index (χ1) is 30.3. The highest BCUT2D eigenvalue weighted by molar-refractivity contribution is 7.99. The third kappa shape index (κ3) is 13.1. The molecule has 16 heteroatoms. The van der Waals surface area contributed by atoms with Crippen LogP contribution in [0.5, 0.6) is 5.75 Å². The number of aliphatic hydroxyl groups excluding tert-OH is 1. The third-order valence-electron chi connectivity index (χ3n) is 10.4. The van der Waals surface area contributed by atoms with Crippen molar-refractivity contribution in [3.8, 4) is 5.75 Å². The molecular formula is C47H51NO13S2. The van der Waals surface area contributed by atoms with Gasteiger partial charge in [0.05, 0.1) is 23.8 Å². The minimum atomic E-state index is -1.29. The molecule has 334 valence electrons. The lowest BCUT2D eigenvalue weighted by atomic mass is 9.84. The van der Waals surface area contributed by atoms with Gasteiger partial charge >= 0.3 is 23.9 Å². The molecule has 4 aromatic rings. The number of benzene rings is 4. The Kier molecular flexibility index (Phi) is 16.7. The van der Waals surface area contributed by atoms with Gasteiger partial charge in [-0.3, -0.25) is 19.2 Å². The van der Waals surface area contributed by atoms with Gasteiger partial charge in [0.25, 0.3) is 0 Å². The lowest BCUT2D eigenvalue weighted by Gasteiger charge is -2.44. The Labute approximate surface area is 375 Å². The SMILES string of the molecule is CC(=O)OC[C@H]1O[C@@H](CC(=S)NCc2ccc(C3O[C@H](CSc4ccc(O)cc4)[C@@H](c4ccccc4)[C@H](c4ccc(CO)cc4)O3)cc2)[C@H](OC(C)=O)[C@@H](OC(C)=O)[C@@H]1OC(C)=O. The number of rotatable bonds is 16. The second kappa shape index (κ2) is 22.3. The van der Waals surface area contributed by atoms with Crippen molar-refractivity contribution in [2.24, 2.45) is 0 Å². The van der Waals surface area contributed by atoms with E-state index in [2.05, 4.69) is 17.4 Å². The summed E-state index contributed by atoms with van der Waals surface area (Å²) in [6.45, 7) is 4.62. The molecule has 2 aliphatic rings. The Bertz CT molecular complexity index is 2170. The molecule has 0 saturated carbocycles. The number of carbonyl (C=O) groups excluding carboxylic acids is 4. The Morgan fingerprint density at radius 3 is 1.84 bits per heavy atom. The standard InChI is InChI=1S/C47H51NO13S2/c1-27(50)55-25-39-45(57-29(3)52)46(58-30(4)53)44(56-28(2)51)38(59-39)22-41(62)48-23-31-10-16-35(17-11-31)47-60-40(26-63-37-20-18-36(54)19-21-37)42(33-8-6-5-7-9-33)43(61-47)34-14-12-32(24-49)13-15-34/h5-21,38-40,42-47,49,54H,22-26H2,1-4H3,(H,48,62)/t38-,39+,40+,42+,43-,44-,45+,46+,47?/m0/s1. The fourth-order valence-corrected chi connectivity index (χ4v) is 8.81. The highest BCUT2D eigenvalue weighted by Gasteiger charge is 2.52. The van der Waals surface area contributed by atoms with Crippen LogP contribution in [0, 0.1) is 0 Å². The van der Waals surface area contributed by atoms with E-state index in [1.807, 2.05) is 78.9 Å². The van der Waals surface area contributed by atoms with Crippen molar-refractivity contribution in [2.75, 3.05) is 12.4 Å². The summed E-state index contributed by atoms with van der Waals surface area (Å²) in [5.74, 6) is -2.14. The highest BCUT2D eigenvalue weighted by Crippen LogP contribution is 2.48. The molecule has 0 radical (unpaired) electrons. The second-order valence-corrected chi connectivity index (χ2v) is 16.8. The maximum absolute atomic E-state index is 12.3. The van der Waals surface area contributed by atoms with E-state index < -0.39 is 66.8 Å². The third-order valence-corrected chi connectivity index (χ3v) is 11.8. The molecule has 2 heterocycles. The summed E-state index contributed by atoms with van der Waals surface area (Å²) in [6.07, 6.45) is -7.27. The van der Waals surface area contributed by atoms with Gasteiger partial charge in [-0.2, -0.15) is 0 Å². The minimum Gasteiger partial charge on any atom is -0.508 e. The minimum absolute atomic E-state index is 0.00302. The quantitative estimate of drug-likeness (QED) is 0.0476. The normalized spacial score (nSPS) is 24.4. The Morgan fingerprint density at radius 2 is 1.24 bits per heavy atom. The van der Waals surface area contributed by atoms with Crippen LogP contribution in [-0.4, -0.2) is 88.1 Å². The molecule has 4 aromatic carbocycles. The van der Waals surface area contributed by atoms with Crippen LogP contribution in [0.4, 0.5) is 0 Å². The zero-order valence-electron chi connectivity index (χ0n) is 35.2. The number of aromatic hydroxyl groups is 1. The molecule has 0 aliphatic carbocycles. The zero-order valence-corrected chi connectivity index (χ0v) is 36.9. The number of aliphatic hydroxyl groups is 1. The van der Waals surface area contributed by atoms with E-state index in [1.165, 1.54) is 20.8 Å². The van der Waals surface area contributed by atoms with E-state index >= 15 is 0 Å². The summed E-state index contributed by atoms with van der Waals surface area (Å²) in [5, 5.41) is 22.9. The maximum Gasteiger partial charge on any atom is 0.303 e. The van der Waals surface area contributed by atoms with Gasteiger partial charge in [-0.25, -0.2) is 0 Å². The molecule has 0 aromatic heterocycles. The van der Waals surface area contributed by atoms with Crippen LogP contribution >= 0.6 is 24.0 Å². The van der Waals surface area contributed by atoms with Crippen molar-refractivity contribution in [1.82, 2.24) is 5.32 Å². The number of carbonyl (C=O) groups is 4. The Morgan fingerprint density at radius 1 is 0.651 bits per heavy atom. The summed E-state index contributed by atoms with van der Waals surface area (Å²) in [5.41, 5.74) is 4.46. The first-order valence-electron chi connectivity index (χ1n) is 20.4. The zero-order chi connectivity index (χ0) is 45.0. The molecule has 0 amide bonds. The number of thiocarbonyl (C=S) groups is 1. The van der Waals surface area contributed by atoms with E-state index in [9.17, 15) is 29.4 Å². The van der Waals surface area contributed by atoms with Crippen molar-refractivity contribution < 1.29 is 62.5 Å². The van der Waals surface area contributed by atoms with Crippen LogP contribution in [0.15, 0.2) is 108 Å². The summed E-state index contributed by atoms with van der Waals surface area (Å²) >= 11 is 7.36. The van der Waals surface area contributed by atoms with Gasteiger partial charge in [-0.05, 0) is 46.5 Å². The van der Waals surface area contributed by atoms with E-state index in [0.29, 0.717) is 17.3 Å².